The van der Waals surface area contributed by atoms with E-state index in [1.165, 1.54) is 23.5 Å². The number of thioether (sulfide) groups is 2. The molecular formula is C16H15NO4S2. The number of hydrogen-bond acceptors (Lipinski definition) is 6. The zero-order valence-corrected chi connectivity index (χ0v) is 14.1. The molecule has 7 heteroatoms. The molecule has 0 aliphatic carbocycles. The molecule has 1 aliphatic heterocycles. The van der Waals surface area contributed by atoms with Crippen LogP contribution < -0.4 is 5.32 Å². The van der Waals surface area contributed by atoms with Crippen molar-refractivity contribution in [2.24, 2.45) is 0 Å². The number of carbonyl (C=O) groups excluding carboxylic acids is 2. The van der Waals surface area contributed by atoms with Crippen LogP contribution in [0.4, 0.5) is 5.69 Å². The molecule has 2 N–H and O–H groups in total. The first-order valence-corrected chi connectivity index (χ1v) is 9.07. The fourth-order valence-electron chi connectivity index (χ4n) is 2.42. The fraction of sp³-hybridized carbons (Fsp3) is 0.250. The lowest BCUT2D eigenvalue weighted by Gasteiger charge is -2.22. The number of ether oxygens (including phenoxy) is 1. The summed E-state index contributed by atoms with van der Waals surface area (Å²) in [5, 5.41) is 14.9. The Hall–Kier alpha value is -1.86. The van der Waals surface area contributed by atoms with Gasteiger partial charge in [0.25, 0.3) is 0 Å². The number of aromatic hydroxyl groups is 1. The van der Waals surface area contributed by atoms with E-state index in [0.29, 0.717) is 22.6 Å². The lowest BCUT2D eigenvalue weighted by Crippen LogP contribution is -2.19. The first kappa shape index (κ1) is 16.0. The molecule has 1 aliphatic rings. The van der Waals surface area contributed by atoms with Crippen LogP contribution in [0.15, 0.2) is 34.1 Å². The highest BCUT2D eigenvalue weighted by Gasteiger charge is 2.25. The van der Waals surface area contributed by atoms with Crippen LogP contribution in [0.2, 0.25) is 0 Å². The summed E-state index contributed by atoms with van der Waals surface area (Å²) in [5.41, 5.74) is 0.700. The van der Waals surface area contributed by atoms with Crippen molar-refractivity contribution in [1.82, 2.24) is 0 Å². The van der Waals surface area contributed by atoms with E-state index in [1.54, 1.807) is 13.0 Å². The van der Waals surface area contributed by atoms with E-state index in [2.05, 4.69) is 5.32 Å². The predicted molar refractivity (Wildman–Crippen MR) is 92.3 cm³/mol. The van der Waals surface area contributed by atoms with Crippen molar-refractivity contribution in [3.05, 3.63) is 24.3 Å². The molecule has 0 bridgehead atoms. The van der Waals surface area contributed by atoms with Gasteiger partial charge in [-0.3, -0.25) is 9.59 Å². The molecule has 0 aromatic heterocycles. The Bertz CT molecular complexity index is 791. The number of benzene rings is 2. The number of fused-ring (bicyclic) bond motifs is 3. The van der Waals surface area contributed by atoms with Gasteiger partial charge in [-0.2, -0.15) is 0 Å². The van der Waals surface area contributed by atoms with Crippen molar-refractivity contribution < 1.29 is 19.4 Å². The summed E-state index contributed by atoms with van der Waals surface area (Å²) in [6.07, 6.45) is 0. The zero-order chi connectivity index (χ0) is 16.4. The maximum atomic E-state index is 11.7. The van der Waals surface area contributed by atoms with Crippen molar-refractivity contribution in [1.29, 1.82) is 0 Å². The van der Waals surface area contributed by atoms with Gasteiger partial charge in [-0.1, -0.05) is 24.3 Å². The molecule has 0 unspecified atom stereocenters. The Morgan fingerprint density at radius 3 is 2.87 bits per heavy atom. The van der Waals surface area contributed by atoms with Crippen LogP contribution in [0, 0.1) is 0 Å². The highest BCUT2D eigenvalue weighted by atomic mass is 32.2. The van der Waals surface area contributed by atoms with E-state index in [-0.39, 0.29) is 29.1 Å². The maximum absolute atomic E-state index is 11.7. The zero-order valence-electron chi connectivity index (χ0n) is 12.4. The minimum Gasteiger partial charge on any atom is -0.506 e. The number of nitrogens with one attached hydrogen (secondary N) is 1. The van der Waals surface area contributed by atoms with Crippen molar-refractivity contribution in [3.8, 4) is 5.75 Å². The van der Waals surface area contributed by atoms with Gasteiger partial charge in [-0.05, 0) is 6.92 Å². The van der Waals surface area contributed by atoms with E-state index in [4.69, 9.17) is 4.74 Å². The highest BCUT2D eigenvalue weighted by molar-refractivity contribution is 8.03. The second-order valence-corrected chi connectivity index (χ2v) is 6.83. The van der Waals surface area contributed by atoms with Crippen molar-refractivity contribution >= 4 is 51.9 Å². The minimum atomic E-state index is -0.330. The summed E-state index contributed by atoms with van der Waals surface area (Å²) in [4.78, 5) is 24.8. The Balaban J connectivity index is 2.08. The highest BCUT2D eigenvalue weighted by Crippen LogP contribution is 2.49. The van der Waals surface area contributed by atoms with Crippen LogP contribution in [0.25, 0.3) is 10.8 Å². The summed E-state index contributed by atoms with van der Waals surface area (Å²) in [5.74, 6) is 0.138. The van der Waals surface area contributed by atoms with Gasteiger partial charge in [0.15, 0.2) is 0 Å². The second-order valence-electron chi connectivity index (χ2n) is 4.86. The van der Waals surface area contributed by atoms with Crippen molar-refractivity contribution in [2.75, 3.05) is 23.4 Å². The minimum absolute atomic E-state index is 0.0697. The molecule has 1 heterocycles. The quantitative estimate of drug-likeness (QED) is 0.501. The van der Waals surface area contributed by atoms with Gasteiger partial charge in [0.1, 0.15) is 5.75 Å². The van der Waals surface area contributed by atoms with Gasteiger partial charge in [0.05, 0.1) is 28.7 Å². The average Bonchev–Trinajstić information content (AvgIpc) is 2.55. The van der Waals surface area contributed by atoms with Crippen molar-refractivity contribution in [3.63, 3.8) is 0 Å². The molecule has 23 heavy (non-hydrogen) atoms. The summed E-state index contributed by atoms with van der Waals surface area (Å²) >= 11 is 2.60. The second kappa shape index (κ2) is 6.72. The van der Waals surface area contributed by atoms with Gasteiger partial charge in [0.2, 0.25) is 5.91 Å². The van der Waals surface area contributed by atoms with Gasteiger partial charge in [-0.15, -0.1) is 23.5 Å². The molecule has 120 valence electrons. The monoisotopic (exact) mass is 349 g/mol. The third-order valence-corrected chi connectivity index (χ3v) is 5.65. The summed E-state index contributed by atoms with van der Waals surface area (Å²) in [7, 11) is 0. The number of hydrogen-bond donors (Lipinski definition) is 2. The molecular weight excluding hydrogens is 334 g/mol. The number of phenolic OH excluding ortho intramolecular Hbond substituents is 1. The van der Waals surface area contributed by atoms with Crippen LogP contribution in [0.1, 0.15) is 6.92 Å². The van der Waals surface area contributed by atoms with E-state index >= 15 is 0 Å². The average molecular weight is 349 g/mol. The molecule has 3 rings (SSSR count). The van der Waals surface area contributed by atoms with Crippen LogP contribution in [-0.4, -0.2) is 35.1 Å². The van der Waals surface area contributed by atoms with Crippen LogP contribution in [0.3, 0.4) is 0 Å². The number of rotatable bonds is 4. The fourth-order valence-corrected chi connectivity index (χ4v) is 4.48. The predicted octanol–water partition coefficient (Wildman–Crippen LogP) is 3.24. The molecule has 2 aromatic carbocycles. The van der Waals surface area contributed by atoms with Gasteiger partial charge in [-0.25, -0.2) is 0 Å². The van der Waals surface area contributed by atoms with Crippen LogP contribution in [0.5, 0.6) is 5.75 Å². The van der Waals surface area contributed by atoms with Gasteiger partial charge < -0.3 is 15.2 Å². The molecule has 0 saturated heterocycles. The lowest BCUT2D eigenvalue weighted by atomic mass is 10.1. The van der Waals surface area contributed by atoms with E-state index in [9.17, 15) is 14.7 Å². The molecule has 5 nitrogen and oxygen atoms in total. The van der Waals surface area contributed by atoms with Gasteiger partial charge in [0, 0.05) is 15.7 Å². The standard InChI is InChI=1S/C16H15NO4S2/c1-2-21-12(19)8-23-16-14(20)10-6-4-3-5-9(10)13-15(16)22-7-11(18)17-13/h3-6,20H,2,7-8H2,1H3,(H,17,18). The van der Waals surface area contributed by atoms with E-state index < -0.39 is 0 Å². The Kier molecular flexibility index (Phi) is 4.68. The summed E-state index contributed by atoms with van der Waals surface area (Å²) in [6, 6.07) is 7.34. The smallest absolute Gasteiger partial charge is 0.316 e. The first-order chi connectivity index (χ1) is 11.1. The van der Waals surface area contributed by atoms with Crippen LogP contribution >= 0.6 is 23.5 Å². The molecule has 0 atom stereocenters. The third-order valence-electron chi connectivity index (χ3n) is 3.35. The molecule has 0 radical (unpaired) electrons. The SMILES string of the molecule is CCOC(=O)CSc1c2c(c3ccccc3c1O)NC(=O)CS2. The number of amides is 1. The molecule has 0 fully saturated rings. The Morgan fingerprint density at radius 2 is 2.13 bits per heavy atom. The summed E-state index contributed by atoms with van der Waals surface area (Å²) in [6.45, 7) is 2.08. The normalized spacial score (nSPS) is 13.5. The first-order valence-electron chi connectivity index (χ1n) is 7.10. The molecule has 1 amide bonds. The molecule has 2 aromatic rings. The van der Waals surface area contributed by atoms with Gasteiger partial charge >= 0.3 is 5.97 Å². The number of carbonyl (C=O) groups is 2. The summed E-state index contributed by atoms with van der Waals surface area (Å²) < 4.78 is 4.93. The lowest BCUT2D eigenvalue weighted by molar-refractivity contribution is -0.139. The third kappa shape index (κ3) is 3.11. The Morgan fingerprint density at radius 1 is 1.39 bits per heavy atom. The molecule has 0 saturated carbocycles. The number of phenols is 1. The number of esters is 1. The molecule has 0 spiro atoms. The van der Waals surface area contributed by atoms with Crippen molar-refractivity contribution in [2.45, 2.75) is 16.7 Å². The maximum Gasteiger partial charge on any atom is 0.316 e. The topological polar surface area (TPSA) is 75.6 Å². The van der Waals surface area contributed by atoms with E-state index in [1.807, 2.05) is 18.2 Å². The van der Waals surface area contributed by atoms with Crippen LogP contribution in [-0.2, 0) is 14.3 Å². The number of anilines is 1. The largest absolute Gasteiger partial charge is 0.506 e. The van der Waals surface area contributed by atoms with E-state index in [0.717, 1.165) is 10.3 Å². The Labute approximate surface area is 141 Å².